The lowest BCUT2D eigenvalue weighted by Crippen LogP contribution is -2.25. The third-order valence-corrected chi connectivity index (χ3v) is 2.24. The van der Waals surface area contributed by atoms with Crippen molar-refractivity contribution in [1.29, 1.82) is 0 Å². The van der Waals surface area contributed by atoms with Crippen LogP contribution in [0.1, 0.15) is 19.8 Å². The van der Waals surface area contributed by atoms with Crippen LogP contribution in [0, 0.1) is 0 Å². The second-order valence-electron chi connectivity index (χ2n) is 2.93. The molecule has 0 aliphatic heterocycles. The van der Waals surface area contributed by atoms with Crippen molar-refractivity contribution < 1.29 is 4.79 Å². The number of Topliss-reactive ketones (excluding diaryl/α,β-unsaturated/α-hetero) is 1. The van der Waals surface area contributed by atoms with Crippen LogP contribution >= 0.6 is 0 Å². The number of carbonyl (C=O) groups excluding carboxylic acids is 1. The first-order valence-electron chi connectivity index (χ1n) is 3.62. The molecule has 0 N–H and O–H groups in total. The number of nitrogens with zero attached hydrogens (tertiary/aromatic N) is 3. The predicted molar refractivity (Wildman–Crippen MR) is 37.9 cm³/mol. The number of ketones is 1. The third kappa shape index (κ3) is 0.785. The summed E-state index contributed by atoms with van der Waals surface area (Å²) < 4.78 is 1.66. The second-order valence-corrected chi connectivity index (χ2v) is 2.93. The van der Waals surface area contributed by atoms with Crippen LogP contribution in [0.15, 0.2) is 12.7 Å². The summed E-state index contributed by atoms with van der Waals surface area (Å²) >= 11 is 0. The number of aromatic nitrogens is 3. The van der Waals surface area contributed by atoms with Gasteiger partial charge in [0, 0.05) is 0 Å². The molecule has 0 aromatic carbocycles. The average molecular weight is 151 g/mol. The number of hydrogen-bond donors (Lipinski definition) is 0. The van der Waals surface area contributed by atoms with Gasteiger partial charge in [0.25, 0.3) is 0 Å². The Morgan fingerprint density at radius 2 is 2.36 bits per heavy atom. The van der Waals surface area contributed by atoms with E-state index in [1.54, 1.807) is 17.9 Å². The molecule has 0 bridgehead atoms. The molecular formula is C7H9N3O. The van der Waals surface area contributed by atoms with Crippen molar-refractivity contribution in [3.8, 4) is 0 Å². The van der Waals surface area contributed by atoms with Gasteiger partial charge in [0.1, 0.15) is 18.2 Å². The zero-order valence-corrected chi connectivity index (χ0v) is 6.32. The van der Waals surface area contributed by atoms with Gasteiger partial charge < -0.3 is 0 Å². The van der Waals surface area contributed by atoms with Gasteiger partial charge in [-0.3, -0.25) is 4.79 Å². The smallest absolute Gasteiger partial charge is 0.157 e. The Kier molecular flexibility index (Phi) is 1.13. The molecule has 1 aliphatic rings. The zero-order valence-electron chi connectivity index (χ0n) is 6.32. The van der Waals surface area contributed by atoms with Crippen LogP contribution in [-0.4, -0.2) is 20.5 Å². The molecule has 1 aromatic rings. The van der Waals surface area contributed by atoms with Gasteiger partial charge in [-0.2, -0.15) is 5.10 Å². The highest BCUT2D eigenvalue weighted by Gasteiger charge is 2.50. The monoisotopic (exact) mass is 151 g/mol. The first kappa shape index (κ1) is 6.52. The van der Waals surface area contributed by atoms with Gasteiger partial charge >= 0.3 is 0 Å². The van der Waals surface area contributed by atoms with Crippen molar-refractivity contribution >= 4 is 5.78 Å². The number of rotatable bonds is 2. The van der Waals surface area contributed by atoms with E-state index in [0.29, 0.717) is 0 Å². The second kappa shape index (κ2) is 1.90. The first-order valence-corrected chi connectivity index (χ1v) is 3.62. The Morgan fingerprint density at radius 3 is 2.73 bits per heavy atom. The van der Waals surface area contributed by atoms with E-state index in [9.17, 15) is 4.79 Å². The maximum atomic E-state index is 11.1. The molecule has 0 amide bonds. The van der Waals surface area contributed by atoms with Gasteiger partial charge in [-0.25, -0.2) is 9.67 Å². The highest BCUT2D eigenvalue weighted by molar-refractivity contribution is 5.86. The topological polar surface area (TPSA) is 47.8 Å². The summed E-state index contributed by atoms with van der Waals surface area (Å²) in [6.07, 6.45) is 4.88. The van der Waals surface area contributed by atoms with Gasteiger partial charge in [-0.05, 0) is 19.8 Å². The van der Waals surface area contributed by atoms with Crippen molar-refractivity contribution in [2.75, 3.05) is 0 Å². The van der Waals surface area contributed by atoms with Crippen molar-refractivity contribution in [3.05, 3.63) is 12.7 Å². The molecule has 1 fully saturated rings. The molecule has 0 spiro atoms. The molecular weight excluding hydrogens is 142 g/mol. The fraction of sp³-hybridized carbons (Fsp3) is 0.571. The van der Waals surface area contributed by atoms with Crippen LogP contribution in [-0.2, 0) is 10.3 Å². The fourth-order valence-electron chi connectivity index (χ4n) is 1.29. The van der Waals surface area contributed by atoms with Crippen molar-refractivity contribution in [3.63, 3.8) is 0 Å². The Bertz CT molecular complexity index is 274. The molecule has 0 saturated heterocycles. The lowest BCUT2D eigenvalue weighted by molar-refractivity contribution is -0.121. The lowest BCUT2D eigenvalue weighted by atomic mass is 10.2. The molecule has 0 unspecified atom stereocenters. The van der Waals surface area contributed by atoms with Crippen LogP contribution in [0.4, 0.5) is 0 Å². The van der Waals surface area contributed by atoms with Crippen molar-refractivity contribution in [1.82, 2.24) is 14.8 Å². The minimum Gasteiger partial charge on any atom is -0.297 e. The quantitative estimate of drug-likeness (QED) is 0.613. The molecule has 1 aliphatic carbocycles. The Morgan fingerprint density at radius 1 is 1.64 bits per heavy atom. The summed E-state index contributed by atoms with van der Waals surface area (Å²) in [5, 5.41) is 3.96. The molecule has 4 heteroatoms. The van der Waals surface area contributed by atoms with Gasteiger partial charge in [0.2, 0.25) is 0 Å². The first-order chi connectivity index (χ1) is 5.26. The van der Waals surface area contributed by atoms with Crippen LogP contribution < -0.4 is 0 Å². The van der Waals surface area contributed by atoms with Crippen molar-refractivity contribution in [2.24, 2.45) is 0 Å². The van der Waals surface area contributed by atoms with E-state index in [-0.39, 0.29) is 11.3 Å². The van der Waals surface area contributed by atoms with Gasteiger partial charge in [-0.15, -0.1) is 0 Å². The average Bonchev–Trinajstić information content (AvgIpc) is 2.61. The summed E-state index contributed by atoms with van der Waals surface area (Å²) in [6, 6.07) is 0. The van der Waals surface area contributed by atoms with Crippen LogP contribution in [0.5, 0.6) is 0 Å². The van der Waals surface area contributed by atoms with E-state index in [1.165, 1.54) is 6.33 Å². The van der Waals surface area contributed by atoms with Gasteiger partial charge in [-0.1, -0.05) is 0 Å². The Labute approximate surface area is 64.2 Å². The molecule has 1 heterocycles. The standard InChI is InChI=1S/C7H9N3O/c1-6(11)7(2-3-7)10-5-8-4-9-10/h4-5H,2-3H2,1H3. The van der Waals surface area contributed by atoms with Gasteiger partial charge in [0.05, 0.1) is 0 Å². The van der Waals surface area contributed by atoms with E-state index in [4.69, 9.17) is 0 Å². The van der Waals surface area contributed by atoms with E-state index in [0.717, 1.165) is 12.8 Å². The molecule has 58 valence electrons. The number of hydrogen-bond acceptors (Lipinski definition) is 3. The summed E-state index contributed by atoms with van der Waals surface area (Å²) in [5.74, 6) is 0.183. The summed E-state index contributed by atoms with van der Waals surface area (Å²) in [6.45, 7) is 1.61. The molecule has 1 aromatic heterocycles. The summed E-state index contributed by atoms with van der Waals surface area (Å²) in [7, 11) is 0. The van der Waals surface area contributed by atoms with Crippen molar-refractivity contribution in [2.45, 2.75) is 25.3 Å². The molecule has 1 saturated carbocycles. The lowest BCUT2D eigenvalue weighted by Gasteiger charge is -2.09. The van der Waals surface area contributed by atoms with E-state index < -0.39 is 0 Å². The predicted octanol–water partition coefficient (Wildman–Crippen LogP) is 0.356. The summed E-state index contributed by atoms with van der Waals surface area (Å²) in [5.41, 5.74) is -0.323. The normalized spacial score (nSPS) is 19.7. The largest absolute Gasteiger partial charge is 0.297 e. The fourth-order valence-corrected chi connectivity index (χ4v) is 1.29. The molecule has 11 heavy (non-hydrogen) atoms. The molecule has 4 nitrogen and oxygen atoms in total. The maximum absolute atomic E-state index is 11.1. The molecule has 0 radical (unpaired) electrons. The van der Waals surface area contributed by atoms with Gasteiger partial charge in [0.15, 0.2) is 5.78 Å². The minimum atomic E-state index is -0.323. The minimum absolute atomic E-state index is 0.183. The molecule has 2 rings (SSSR count). The maximum Gasteiger partial charge on any atom is 0.157 e. The highest BCUT2D eigenvalue weighted by Crippen LogP contribution is 2.43. The Hall–Kier alpha value is -1.19. The van der Waals surface area contributed by atoms with Crippen LogP contribution in [0.3, 0.4) is 0 Å². The SMILES string of the molecule is CC(=O)C1(n2cncn2)CC1. The highest BCUT2D eigenvalue weighted by atomic mass is 16.1. The number of carbonyl (C=O) groups is 1. The van der Waals surface area contributed by atoms with Crippen LogP contribution in [0.2, 0.25) is 0 Å². The van der Waals surface area contributed by atoms with E-state index >= 15 is 0 Å². The third-order valence-electron chi connectivity index (χ3n) is 2.24. The molecule has 0 atom stereocenters. The van der Waals surface area contributed by atoms with E-state index in [2.05, 4.69) is 10.1 Å². The van der Waals surface area contributed by atoms with Crippen LogP contribution in [0.25, 0.3) is 0 Å². The zero-order chi connectivity index (χ0) is 7.90. The van der Waals surface area contributed by atoms with E-state index in [1.807, 2.05) is 0 Å². The summed E-state index contributed by atoms with van der Waals surface area (Å²) in [4.78, 5) is 14.9. The Balaban J connectivity index is 2.36.